The summed E-state index contributed by atoms with van der Waals surface area (Å²) < 4.78 is 72.8. The van der Waals surface area contributed by atoms with Gasteiger partial charge in [0, 0.05) is 80.1 Å². The number of hydrogen-bond donors (Lipinski definition) is 3. The van der Waals surface area contributed by atoms with Crippen LogP contribution in [0.2, 0.25) is 0 Å². The average molecular weight is 851 g/mol. The number of hydrogen-bond acceptors (Lipinski definition) is 9. The smallest absolute Gasteiger partial charge is 0.386 e. The van der Waals surface area contributed by atoms with Crippen molar-refractivity contribution in [3.8, 4) is 11.1 Å². The maximum atomic E-state index is 15.2. The van der Waals surface area contributed by atoms with Gasteiger partial charge in [0.2, 0.25) is 17.7 Å². The summed E-state index contributed by atoms with van der Waals surface area (Å²) in [5.74, 6) is -5.37. The standard InChI is InChI=1S/C43H47F5N8O5/c1-42(2,61)31-20-34-24(17-30(31)28-3-5-35(43(46,47)48)50-38(28)39(49)58)22-56(52-34)26-10-13-53(14-11-26)25-8-15-54(16-9-25)41(60)23-7-12-55(21-23)27-18-32(44)37(33(45)19-27)29-4-6-36(57)51-40(29)59/h3,5,17-20,22-23,25-26,29,61H,4,6-16,21H2,1-2H3,(H2,49,58)(H,51,57,59)/t23-,29-/m1/s1. The van der Waals surface area contributed by atoms with Crippen molar-refractivity contribution in [3.63, 3.8) is 0 Å². The predicted molar refractivity (Wildman–Crippen MR) is 213 cm³/mol. The lowest BCUT2D eigenvalue weighted by molar-refractivity contribution is -0.141. The zero-order valence-electron chi connectivity index (χ0n) is 33.8. The molecule has 61 heavy (non-hydrogen) atoms. The molecule has 4 N–H and O–H groups in total. The first-order valence-electron chi connectivity index (χ1n) is 20.6. The van der Waals surface area contributed by atoms with Crippen LogP contribution in [0.5, 0.6) is 0 Å². The Balaban J connectivity index is 0.873. The number of likely N-dealkylation sites (tertiary alicyclic amines) is 2. The number of aromatic nitrogens is 3. The van der Waals surface area contributed by atoms with Crippen LogP contribution >= 0.6 is 0 Å². The van der Waals surface area contributed by atoms with Crippen LogP contribution in [0.15, 0.2) is 42.6 Å². The van der Waals surface area contributed by atoms with Crippen LogP contribution in [0.25, 0.3) is 22.0 Å². The molecule has 2 aromatic heterocycles. The highest BCUT2D eigenvalue weighted by molar-refractivity contribution is 6.01. The summed E-state index contributed by atoms with van der Waals surface area (Å²) in [7, 11) is 0. The first-order valence-corrected chi connectivity index (χ1v) is 20.6. The third kappa shape index (κ3) is 8.43. The molecule has 6 heterocycles. The van der Waals surface area contributed by atoms with Gasteiger partial charge in [-0.05, 0) is 99.9 Å². The molecule has 0 saturated carbocycles. The van der Waals surface area contributed by atoms with Gasteiger partial charge in [0.05, 0.1) is 29.0 Å². The van der Waals surface area contributed by atoms with Crippen molar-refractivity contribution in [1.82, 2.24) is 29.9 Å². The van der Waals surface area contributed by atoms with Crippen LogP contribution in [0.1, 0.15) is 98.1 Å². The van der Waals surface area contributed by atoms with Crippen molar-refractivity contribution in [2.75, 3.05) is 44.2 Å². The second kappa shape index (κ2) is 16.1. The minimum atomic E-state index is -4.78. The highest BCUT2D eigenvalue weighted by Crippen LogP contribution is 2.39. The summed E-state index contributed by atoms with van der Waals surface area (Å²) in [5, 5.41) is 18.8. The average Bonchev–Trinajstić information content (AvgIpc) is 3.88. The first kappa shape index (κ1) is 42.2. The van der Waals surface area contributed by atoms with Crippen LogP contribution < -0.4 is 16.0 Å². The fourth-order valence-corrected chi connectivity index (χ4v) is 9.51. The number of halogens is 5. The molecule has 13 nitrogen and oxygen atoms in total. The monoisotopic (exact) mass is 850 g/mol. The SMILES string of the molecule is CC(C)(O)c1cc2nn(C3CCN(C4CCN(C(=O)[C@@H]5CCN(c6cc(F)c([C@H]7CCC(=O)NC7=O)c(F)c6)C5)CC4)CC3)cc2cc1-c1ccc(C(F)(F)F)nc1C(N)=O. The molecule has 0 unspecified atom stereocenters. The number of rotatable bonds is 8. The molecule has 4 amide bonds. The Morgan fingerprint density at radius 3 is 2.16 bits per heavy atom. The van der Waals surface area contributed by atoms with E-state index in [1.165, 1.54) is 26.0 Å². The van der Waals surface area contributed by atoms with Crippen molar-refractivity contribution in [3.05, 3.63) is 76.7 Å². The maximum Gasteiger partial charge on any atom is 0.433 e. The van der Waals surface area contributed by atoms with Crippen LogP contribution in [-0.4, -0.2) is 98.6 Å². The van der Waals surface area contributed by atoms with Gasteiger partial charge < -0.3 is 25.5 Å². The highest BCUT2D eigenvalue weighted by atomic mass is 19.4. The Kier molecular flexibility index (Phi) is 11.1. The van der Waals surface area contributed by atoms with Crippen molar-refractivity contribution in [2.24, 2.45) is 11.7 Å². The second-order valence-electron chi connectivity index (χ2n) is 17.2. The number of carbonyl (C=O) groups is 4. The molecule has 4 saturated heterocycles. The summed E-state index contributed by atoms with van der Waals surface area (Å²) in [6.45, 7) is 6.69. The van der Waals surface area contributed by atoms with Gasteiger partial charge in [0.1, 0.15) is 23.0 Å². The zero-order chi connectivity index (χ0) is 43.5. The molecule has 2 aromatic carbocycles. The Morgan fingerprint density at radius 1 is 0.869 bits per heavy atom. The molecule has 0 radical (unpaired) electrons. The number of imide groups is 1. The van der Waals surface area contributed by atoms with E-state index in [2.05, 4.69) is 15.2 Å². The molecule has 4 aromatic rings. The number of pyridine rings is 1. The number of aliphatic hydroxyl groups is 1. The molecule has 324 valence electrons. The van der Waals surface area contributed by atoms with Crippen molar-refractivity contribution >= 4 is 40.2 Å². The third-order valence-corrected chi connectivity index (χ3v) is 12.7. The summed E-state index contributed by atoms with van der Waals surface area (Å²) in [6.07, 6.45) is 0.906. The quantitative estimate of drug-likeness (QED) is 0.156. The van der Waals surface area contributed by atoms with Gasteiger partial charge in [-0.1, -0.05) is 0 Å². The van der Waals surface area contributed by atoms with E-state index in [-0.39, 0.29) is 41.8 Å². The number of amides is 4. The Labute approximate surface area is 348 Å². The van der Waals surface area contributed by atoms with Gasteiger partial charge in [-0.15, -0.1) is 0 Å². The number of nitrogens with one attached hydrogen (secondary N) is 1. The summed E-state index contributed by atoms with van der Waals surface area (Å²) in [5.41, 5.74) is 3.53. The van der Waals surface area contributed by atoms with Crippen molar-refractivity contribution < 1.29 is 46.2 Å². The summed E-state index contributed by atoms with van der Waals surface area (Å²) >= 11 is 0. The van der Waals surface area contributed by atoms with Gasteiger partial charge in [-0.3, -0.25) is 29.2 Å². The fraction of sp³-hybridized carbons (Fsp3) is 0.488. The van der Waals surface area contributed by atoms with Crippen LogP contribution in [-0.2, 0) is 26.2 Å². The number of piperidine rings is 3. The van der Waals surface area contributed by atoms with Gasteiger partial charge in [-0.25, -0.2) is 13.8 Å². The number of anilines is 1. The van der Waals surface area contributed by atoms with E-state index < -0.39 is 58.4 Å². The van der Waals surface area contributed by atoms with E-state index >= 15 is 8.78 Å². The number of nitrogens with two attached hydrogens (primary N) is 1. The number of nitrogens with zero attached hydrogens (tertiary/aromatic N) is 6. The van der Waals surface area contributed by atoms with Gasteiger partial charge in [-0.2, -0.15) is 18.3 Å². The third-order valence-electron chi connectivity index (χ3n) is 12.7. The lowest BCUT2D eigenvalue weighted by atomic mass is 9.87. The Bertz CT molecular complexity index is 2370. The predicted octanol–water partition coefficient (Wildman–Crippen LogP) is 5.40. The van der Waals surface area contributed by atoms with Crippen LogP contribution in [0.4, 0.5) is 27.6 Å². The molecule has 2 atom stereocenters. The highest BCUT2D eigenvalue weighted by Gasteiger charge is 2.38. The number of alkyl halides is 3. The normalized spacial score (nSPS) is 21.4. The number of carbonyl (C=O) groups excluding carboxylic acids is 4. The lowest BCUT2D eigenvalue weighted by Gasteiger charge is -2.42. The largest absolute Gasteiger partial charge is 0.433 e. The minimum absolute atomic E-state index is 0.00554. The molecular weight excluding hydrogens is 804 g/mol. The van der Waals surface area contributed by atoms with E-state index in [9.17, 15) is 37.5 Å². The summed E-state index contributed by atoms with van der Waals surface area (Å²) in [4.78, 5) is 59.5. The Hall–Kier alpha value is -5.49. The van der Waals surface area contributed by atoms with Crippen LogP contribution in [0, 0.1) is 17.6 Å². The molecule has 4 aliphatic heterocycles. The minimum Gasteiger partial charge on any atom is -0.386 e. The molecule has 0 aliphatic carbocycles. The molecule has 4 aliphatic rings. The number of fused-ring (bicyclic) bond motifs is 1. The van der Waals surface area contributed by atoms with E-state index in [4.69, 9.17) is 10.8 Å². The fourth-order valence-electron chi connectivity index (χ4n) is 9.51. The van der Waals surface area contributed by atoms with Crippen molar-refractivity contribution in [1.29, 1.82) is 0 Å². The molecule has 0 spiro atoms. The van der Waals surface area contributed by atoms with E-state index in [0.717, 1.165) is 50.9 Å². The maximum absolute atomic E-state index is 15.2. The van der Waals surface area contributed by atoms with Gasteiger partial charge in [0.25, 0.3) is 5.91 Å². The molecule has 8 rings (SSSR count). The number of primary amides is 1. The molecular formula is C43H47F5N8O5. The van der Waals surface area contributed by atoms with Crippen LogP contribution in [0.3, 0.4) is 0 Å². The lowest BCUT2D eigenvalue weighted by Crippen LogP contribution is -2.50. The molecule has 4 fully saturated rings. The molecule has 0 bridgehead atoms. The number of benzene rings is 2. The Morgan fingerprint density at radius 2 is 1.54 bits per heavy atom. The second-order valence-corrected chi connectivity index (χ2v) is 17.2. The zero-order valence-corrected chi connectivity index (χ0v) is 33.8. The van der Waals surface area contributed by atoms with E-state index in [1.807, 2.05) is 15.8 Å². The van der Waals surface area contributed by atoms with E-state index in [0.29, 0.717) is 66.4 Å². The van der Waals surface area contributed by atoms with Crippen molar-refractivity contribution in [2.45, 2.75) is 88.6 Å². The van der Waals surface area contributed by atoms with E-state index in [1.54, 1.807) is 17.0 Å². The molecule has 18 heteroatoms. The first-order chi connectivity index (χ1) is 28.8. The summed E-state index contributed by atoms with van der Waals surface area (Å²) in [6, 6.07) is 8.07. The van der Waals surface area contributed by atoms with Gasteiger partial charge in [0.15, 0.2) is 0 Å². The van der Waals surface area contributed by atoms with Gasteiger partial charge >= 0.3 is 6.18 Å². The topological polar surface area (TPSA) is 167 Å².